The summed E-state index contributed by atoms with van der Waals surface area (Å²) in [5.41, 5.74) is 15.6. The van der Waals surface area contributed by atoms with Crippen molar-refractivity contribution < 1.29 is 0 Å². The summed E-state index contributed by atoms with van der Waals surface area (Å²) in [5.74, 6) is 0.486. The normalized spacial score (nSPS) is 15.0. The third kappa shape index (κ3) is 3.33. The van der Waals surface area contributed by atoms with Gasteiger partial charge >= 0.3 is 0 Å². The van der Waals surface area contributed by atoms with Crippen molar-refractivity contribution in [1.29, 1.82) is 0 Å². The minimum Gasteiger partial charge on any atom is -0.330 e. The van der Waals surface area contributed by atoms with E-state index in [9.17, 15) is 0 Å². The van der Waals surface area contributed by atoms with Crippen LogP contribution in [-0.4, -0.2) is 6.54 Å². The van der Waals surface area contributed by atoms with Gasteiger partial charge in [0.25, 0.3) is 0 Å². The molecule has 2 heteroatoms. The van der Waals surface area contributed by atoms with Gasteiger partial charge in [-0.25, -0.2) is 0 Å². The van der Waals surface area contributed by atoms with Crippen molar-refractivity contribution in [2.24, 2.45) is 17.4 Å². The molecular formula is C13H22N2. The monoisotopic (exact) mass is 206 g/mol. The minimum absolute atomic E-state index is 0.114. The fraction of sp³-hybridized carbons (Fsp3) is 0.538. The number of rotatable bonds is 4. The van der Waals surface area contributed by atoms with Gasteiger partial charge in [0.2, 0.25) is 0 Å². The maximum atomic E-state index is 6.19. The first-order valence-electron chi connectivity index (χ1n) is 5.57. The van der Waals surface area contributed by atoms with E-state index in [2.05, 4.69) is 39.0 Å². The molecule has 0 fully saturated rings. The van der Waals surface area contributed by atoms with Crippen LogP contribution in [0.2, 0.25) is 0 Å². The molecule has 0 heterocycles. The van der Waals surface area contributed by atoms with Gasteiger partial charge in [-0.1, -0.05) is 30.7 Å². The summed E-state index contributed by atoms with van der Waals surface area (Å²) in [6, 6.07) is 6.56. The number of hydrogen-bond acceptors (Lipinski definition) is 2. The molecule has 0 aromatic heterocycles. The van der Waals surface area contributed by atoms with Crippen molar-refractivity contribution in [2.45, 2.75) is 33.2 Å². The summed E-state index contributed by atoms with van der Waals surface area (Å²) in [6.45, 7) is 7.06. The third-order valence-corrected chi connectivity index (χ3v) is 2.89. The summed E-state index contributed by atoms with van der Waals surface area (Å²) in [4.78, 5) is 0. The highest BCUT2D eigenvalue weighted by Crippen LogP contribution is 2.22. The quantitative estimate of drug-likeness (QED) is 0.794. The second-order valence-corrected chi connectivity index (χ2v) is 4.54. The molecule has 84 valence electrons. The Morgan fingerprint density at radius 3 is 2.53 bits per heavy atom. The largest absolute Gasteiger partial charge is 0.330 e. The summed E-state index contributed by atoms with van der Waals surface area (Å²) in [5, 5.41) is 0. The lowest BCUT2D eigenvalue weighted by molar-refractivity contribution is 0.481. The van der Waals surface area contributed by atoms with Crippen LogP contribution in [0.25, 0.3) is 0 Å². The lowest BCUT2D eigenvalue weighted by atomic mass is 9.93. The van der Waals surface area contributed by atoms with Gasteiger partial charge in [-0.2, -0.15) is 0 Å². The molecule has 0 aliphatic rings. The molecule has 0 saturated heterocycles. The Kier molecular flexibility index (Phi) is 4.30. The van der Waals surface area contributed by atoms with Gasteiger partial charge in [-0.05, 0) is 43.9 Å². The van der Waals surface area contributed by atoms with Crippen LogP contribution in [-0.2, 0) is 0 Å². The molecule has 0 spiro atoms. The predicted octanol–water partition coefficient (Wildman–Crippen LogP) is 2.29. The molecule has 0 aliphatic heterocycles. The fourth-order valence-electron chi connectivity index (χ4n) is 1.82. The summed E-state index contributed by atoms with van der Waals surface area (Å²) >= 11 is 0. The maximum absolute atomic E-state index is 6.19. The highest BCUT2D eigenvalue weighted by molar-refractivity contribution is 5.32. The van der Waals surface area contributed by atoms with Gasteiger partial charge < -0.3 is 11.5 Å². The van der Waals surface area contributed by atoms with E-state index in [1.54, 1.807) is 0 Å². The Morgan fingerprint density at radius 1 is 1.27 bits per heavy atom. The molecule has 4 N–H and O–H groups in total. The van der Waals surface area contributed by atoms with E-state index < -0.39 is 0 Å². The molecule has 1 rings (SSSR count). The summed E-state index contributed by atoms with van der Waals surface area (Å²) in [7, 11) is 0. The Hall–Kier alpha value is -0.860. The summed E-state index contributed by atoms with van der Waals surface area (Å²) in [6.07, 6.45) is 0.959. The fourth-order valence-corrected chi connectivity index (χ4v) is 1.82. The van der Waals surface area contributed by atoms with Crippen LogP contribution >= 0.6 is 0 Å². The smallest absolute Gasteiger partial charge is 0.0300 e. The molecule has 2 atom stereocenters. The van der Waals surface area contributed by atoms with Crippen LogP contribution in [0.1, 0.15) is 36.1 Å². The molecule has 0 radical (unpaired) electrons. The molecule has 0 saturated carbocycles. The SMILES string of the molecule is Cc1ccc(C)c(C(N)CC(C)CN)c1. The molecule has 15 heavy (non-hydrogen) atoms. The highest BCUT2D eigenvalue weighted by atomic mass is 14.6. The van der Waals surface area contributed by atoms with Gasteiger partial charge in [0.15, 0.2) is 0 Å². The molecule has 0 amide bonds. The molecular weight excluding hydrogens is 184 g/mol. The van der Waals surface area contributed by atoms with Crippen LogP contribution in [0.15, 0.2) is 18.2 Å². The first-order chi connectivity index (χ1) is 7.04. The average molecular weight is 206 g/mol. The van der Waals surface area contributed by atoms with Crippen LogP contribution in [0.4, 0.5) is 0 Å². The van der Waals surface area contributed by atoms with Crippen molar-refractivity contribution in [1.82, 2.24) is 0 Å². The van der Waals surface area contributed by atoms with E-state index >= 15 is 0 Å². The molecule has 2 nitrogen and oxygen atoms in total. The molecule has 2 unspecified atom stereocenters. The molecule has 0 aliphatic carbocycles. The summed E-state index contributed by atoms with van der Waals surface area (Å²) < 4.78 is 0. The Morgan fingerprint density at radius 2 is 1.93 bits per heavy atom. The second-order valence-electron chi connectivity index (χ2n) is 4.54. The first-order valence-corrected chi connectivity index (χ1v) is 5.57. The Bertz CT molecular complexity index is 320. The van der Waals surface area contributed by atoms with Gasteiger partial charge in [0.1, 0.15) is 0 Å². The molecule has 1 aromatic carbocycles. The zero-order valence-corrected chi connectivity index (χ0v) is 9.96. The maximum Gasteiger partial charge on any atom is 0.0300 e. The van der Waals surface area contributed by atoms with Crippen molar-refractivity contribution in [3.63, 3.8) is 0 Å². The van der Waals surface area contributed by atoms with Gasteiger partial charge in [0.05, 0.1) is 0 Å². The first kappa shape index (κ1) is 12.2. The van der Waals surface area contributed by atoms with E-state index in [1.807, 2.05) is 0 Å². The van der Waals surface area contributed by atoms with Crippen molar-refractivity contribution in [2.75, 3.05) is 6.54 Å². The average Bonchev–Trinajstić information content (AvgIpc) is 2.21. The van der Waals surface area contributed by atoms with Crippen molar-refractivity contribution in [3.8, 4) is 0 Å². The number of nitrogens with two attached hydrogens (primary N) is 2. The Balaban J connectivity index is 2.80. The van der Waals surface area contributed by atoms with E-state index in [-0.39, 0.29) is 6.04 Å². The zero-order valence-electron chi connectivity index (χ0n) is 9.96. The van der Waals surface area contributed by atoms with E-state index in [1.165, 1.54) is 16.7 Å². The zero-order chi connectivity index (χ0) is 11.4. The van der Waals surface area contributed by atoms with Gasteiger partial charge in [-0.3, -0.25) is 0 Å². The number of benzene rings is 1. The minimum atomic E-state index is 0.114. The highest BCUT2D eigenvalue weighted by Gasteiger charge is 2.12. The lowest BCUT2D eigenvalue weighted by Crippen LogP contribution is -2.20. The Labute approximate surface area is 92.7 Å². The van der Waals surface area contributed by atoms with Gasteiger partial charge in [-0.15, -0.1) is 0 Å². The lowest BCUT2D eigenvalue weighted by Gasteiger charge is -2.18. The van der Waals surface area contributed by atoms with Crippen LogP contribution in [0.5, 0.6) is 0 Å². The van der Waals surface area contributed by atoms with Crippen molar-refractivity contribution in [3.05, 3.63) is 34.9 Å². The predicted molar refractivity (Wildman–Crippen MR) is 65.7 cm³/mol. The number of aryl methyl sites for hydroxylation is 2. The van der Waals surface area contributed by atoms with E-state index in [0.717, 1.165) is 6.42 Å². The molecule has 1 aromatic rings. The third-order valence-electron chi connectivity index (χ3n) is 2.89. The van der Waals surface area contributed by atoms with Gasteiger partial charge in [0, 0.05) is 6.04 Å². The van der Waals surface area contributed by atoms with Crippen molar-refractivity contribution >= 4 is 0 Å². The van der Waals surface area contributed by atoms with Crippen LogP contribution in [0, 0.1) is 19.8 Å². The standard InChI is InChI=1S/C13H22N2/c1-9-4-5-11(3)12(6-9)13(15)7-10(2)8-14/h4-6,10,13H,7-8,14-15H2,1-3H3. The number of hydrogen-bond donors (Lipinski definition) is 2. The second kappa shape index (κ2) is 5.29. The van der Waals surface area contributed by atoms with Crippen LogP contribution < -0.4 is 11.5 Å². The van der Waals surface area contributed by atoms with Crippen LogP contribution in [0.3, 0.4) is 0 Å². The topological polar surface area (TPSA) is 52.0 Å². The van der Waals surface area contributed by atoms with E-state index in [4.69, 9.17) is 11.5 Å². The van der Waals surface area contributed by atoms with E-state index in [0.29, 0.717) is 12.5 Å². The molecule has 0 bridgehead atoms.